The van der Waals surface area contributed by atoms with Crippen molar-refractivity contribution in [3.63, 3.8) is 0 Å². The molecule has 0 aliphatic heterocycles. The molecule has 0 fully saturated rings. The van der Waals surface area contributed by atoms with Crippen molar-refractivity contribution in [2.75, 3.05) is 0 Å². The molecule has 0 aliphatic carbocycles. The molecule has 4 nitrogen and oxygen atoms in total. The van der Waals surface area contributed by atoms with E-state index in [1.54, 1.807) is 24.3 Å². The van der Waals surface area contributed by atoms with Crippen LogP contribution in [-0.4, -0.2) is 11.0 Å². The molecule has 0 saturated heterocycles. The van der Waals surface area contributed by atoms with Crippen LogP contribution in [-0.2, 0) is 6.54 Å². The fourth-order valence-electron chi connectivity index (χ4n) is 1.99. The number of oxime groups is 1. The van der Waals surface area contributed by atoms with Crippen LogP contribution in [0.15, 0.2) is 53.7 Å². The van der Waals surface area contributed by atoms with Crippen molar-refractivity contribution in [2.24, 2.45) is 10.9 Å². The molecule has 0 aliphatic rings. The third-order valence-electron chi connectivity index (χ3n) is 3.34. The van der Waals surface area contributed by atoms with Gasteiger partial charge in [0.1, 0.15) is 5.82 Å². The van der Waals surface area contributed by atoms with E-state index in [0.717, 1.165) is 11.1 Å². The number of nitrogens with two attached hydrogens (primary N) is 1. The largest absolute Gasteiger partial charge is 0.409 e. The molecule has 1 atom stereocenters. The quantitative estimate of drug-likeness (QED) is 0.343. The summed E-state index contributed by atoms with van der Waals surface area (Å²) in [5.74, 6) is -0.140. The summed E-state index contributed by atoms with van der Waals surface area (Å²) in [6, 6.07) is 14.0. The molecule has 0 saturated carbocycles. The maximum absolute atomic E-state index is 12.9. The molecule has 2 rings (SSSR count). The minimum Gasteiger partial charge on any atom is -0.409 e. The van der Waals surface area contributed by atoms with Gasteiger partial charge < -0.3 is 16.3 Å². The van der Waals surface area contributed by atoms with Crippen molar-refractivity contribution < 1.29 is 9.60 Å². The molecular weight excluding hydrogens is 269 g/mol. The lowest BCUT2D eigenvalue weighted by Gasteiger charge is -2.14. The van der Waals surface area contributed by atoms with Crippen LogP contribution in [0.1, 0.15) is 29.7 Å². The average molecular weight is 287 g/mol. The fourth-order valence-corrected chi connectivity index (χ4v) is 1.99. The van der Waals surface area contributed by atoms with Crippen LogP contribution in [0.4, 0.5) is 4.39 Å². The topological polar surface area (TPSA) is 70.6 Å². The Morgan fingerprint density at radius 1 is 1.19 bits per heavy atom. The number of nitrogens with one attached hydrogen (secondary N) is 1. The van der Waals surface area contributed by atoms with Crippen molar-refractivity contribution >= 4 is 5.84 Å². The van der Waals surface area contributed by atoms with E-state index in [0.29, 0.717) is 12.1 Å². The zero-order valence-corrected chi connectivity index (χ0v) is 11.8. The van der Waals surface area contributed by atoms with Gasteiger partial charge in [0.2, 0.25) is 0 Å². The van der Waals surface area contributed by atoms with Gasteiger partial charge in [-0.2, -0.15) is 0 Å². The van der Waals surface area contributed by atoms with Crippen LogP contribution in [0.3, 0.4) is 0 Å². The Balaban J connectivity index is 1.95. The zero-order chi connectivity index (χ0) is 15.2. The van der Waals surface area contributed by atoms with Gasteiger partial charge in [0.15, 0.2) is 5.84 Å². The normalized spacial score (nSPS) is 13.1. The summed E-state index contributed by atoms with van der Waals surface area (Å²) in [5.41, 5.74) is 8.30. The highest BCUT2D eigenvalue weighted by Gasteiger charge is 2.05. The SMILES string of the molecule is C[C@H](NCc1ccc(/C(N)=N/O)cc1)c1ccc(F)cc1. The number of rotatable bonds is 5. The van der Waals surface area contributed by atoms with Crippen LogP contribution in [0.5, 0.6) is 0 Å². The predicted octanol–water partition coefficient (Wildman–Crippen LogP) is 2.77. The van der Waals surface area contributed by atoms with E-state index in [1.807, 2.05) is 19.1 Å². The first-order valence-corrected chi connectivity index (χ1v) is 6.66. The molecule has 0 spiro atoms. The molecule has 4 N–H and O–H groups in total. The summed E-state index contributed by atoms with van der Waals surface area (Å²) < 4.78 is 12.9. The second-order valence-corrected chi connectivity index (χ2v) is 4.84. The molecule has 110 valence electrons. The Morgan fingerprint density at radius 3 is 2.38 bits per heavy atom. The van der Waals surface area contributed by atoms with Gasteiger partial charge in [0.05, 0.1) is 0 Å². The summed E-state index contributed by atoms with van der Waals surface area (Å²) in [4.78, 5) is 0. The van der Waals surface area contributed by atoms with Gasteiger partial charge in [-0.3, -0.25) is 0 Å². The van der Waals surface area contributed by atoms with Crippen LogP contribution in [0, 0.1) is 5.82 Å². The third kappa shape index (κ3) is 4.03. The lowest BCUT2D eigenvalue weighted by atomic mass is 10.1. The highest BCUT2D eigenvalue weighted by molar-refractivity contribution is 5.96. The van der Waals surface area contributed by atoms with E-state index < -0.39 is 0 Å². The smallest absolute Gasteiger partial charge is 0.170 e. The first kappa shape index (κ1) is 15.0. The standard InChI is InChI=1S/C16H18FN3O/c1-11(13-6-8-15(17)9-7-13)19-10-12-2-4-14(5-3-12)16(18)20-21/h2-9,11,19,21H,10H2,1H3,(H2,18,20)/t11-/m0/s1. The molecular formula is C16H18FN3O. The monoisotopic (exact) mass is 287 g/mol. The Bertz CT molecular complexity index is 608. The second kappa shape index (κ2) is 6.85. The molecule has 21 heavy (non-hydrogen) atoms. The van der Waals surface area contributed by atoms with E-state index >= 15 is 0 Å². The Labute approximate surface area is 123 Å². The van der Waals surface area contributed by atoms with Gasteiger partial charge in [-0.15, -0.1) is 0 Å². The molecule has 2 aromatic carbocycles. The van der Waals surface area contributed by atoms with Crippen molar-refractivity contribution in [1.82, 2.24) is 5.32 Å². The maximum atomic E-state index is 12.9. The number of amidine groups is 1. The van der Waals surface area contributed by atoms with Gasteiger partial charge in [-0.05, 0) is 30.2 Å². The second-order valence-electron chi connectivity index (χ2n) is 4.84. The summed E-state index contributed by atoms with van der Waals surface area (Å²) in [7, 11) is 0. The van der Waals surface area contributed by atoms with Gasteiger partial charge >= 0.3 is 0 Å². The van der Waals surface area contributed by atoms with Crippen molar-refractivity contribution in [1.29, 1.82) is 0 Å². The minimum absolute atomic E-state index is 0.0918. The Kier molecular flexibility index (Phi) is 4.90. The Hall–Kier alpha value is -2.40. The Morgan fingerprint density at radius 2 is 1.81 bits per heavy atom. The summed E-state index contributed by atoms with van der Waals surface area (Å²) >= 11 is 0. The van der Waals surface area contributed by atoms with Crippen LogP contribution in [0.2, 0.25) is 0 Å². The van der Waals surface area contributed by atoms with Gasteiger partial charge in [-0.25, -0.2) is 4.39 Å². The molecule has 0 amide bonds. The predicted molar refractivity (Wildman–Crippen MR) is 80.6 cm³/mol. The molecule has 2 aromatic rings. The first-order valence-electron chi connectivity index (χ1n) is 6.66. The fraction of sp³-hybridized carbons (Fsp3) is 0.188. The van der Waals surface area contributed by atoms with Gasteiger partial charge in [-0.1, -0.05) is 41.6 Å². The molecule has 5 heteroatoms. The van der Waals surface area contributed by atoms with E-state index in [2.05, 4.69) is 10.5 Å². The lowest BCUT2D eigenvalue weighted by molar-refractivity contribution is 0.318. The van der Waals surface area contributed by atoms with Crippen molar-refractivity contribution in [3.8, 4) is 0 Å². The van der Waals surface area contributed by atoms with E-state index in [4.69, 9.17) is 10.9 Å². The first-order chi connectivity index (χ1) is 10.1. The van der Waals surface area contributed by atoms with Crippen molar-refractivity contribution in [2.45, 2.75) is 19.5 Å². The molecule has 0 aromatic heterocycles. The van der Waals surface area contributed by atoms with E-state index in [-0.39, 0.29) is 17.7 Å². The highest BCUT2D eigenvalue weighted by atomic mass is 19.1. The number of nitrogens with zero attached hydrogens (tertiary/aromatic N) is 1. The highest BCUT2D eigenvalue weighted by Crippen LogP contribution is 2.14. The molecule has 0 bridgehead atoms. The number of hydrogen-bond donors (Lipinski definition) is 3. The molecule has 0 heterocycles. The number of benzene rings is 2. The van der Waals surface area contributed by atoms with Crippen LogP contribution in [0.25, 0.3) is 0 Å². The van der Waals surface area contributed by atoms with E-state index in [9.17, 15) is 4.39 Å². The zero-order valence-electron chi connectivity index (χ0n) is 11.8. The van der Waals surface area contributed by atoms with Crippen molar-refractivity contribution in [3.05, 3.63) is 71.0 Å². The number of hydrogen-bond acceptors (Lipinski definition) is 3. The van der Waals surface area contributed by atoms with Gasteiger partial charge in [0.25, 0.3) is 0 Å². The average Bonchev–Trinajstić information content (AvgIpc) is 2.53. The van der Waals surface area contributed by atoms with Crippen LogP contribution >= 0.6 is 0 Å². The molecule has 0 unspecified atom stereocenters. The maximum Gasteiger partial charge on any atom is 0.170 e. The summed E-state index contributed by atoms with van der Waals surface area (Å²) in [6.07, 6.45) is 0. The lowest BCUT2D eigenvalue weighted by Crippen LogP contribution is -2.18. The summed E-state index contributed by atoms with van der Waals surface area (Å²) in [5, 5.41) is 14.9. The minimum atomic E-state index is -0.232. The molecule has 0 radical (unpaired) electrons. The summed E-state index contributed by atoms with van der Waals surface area (Å²) in [6.45, 7) is 2.70. The third-order valence-corrected chi connectivity index (χ3v) is 3.34. The van der Waals surface area contributed by atoms with E-state index in [1.165, 1.54) is 12.1 Å². The van der Waals surface area contributed by atoms with Crippen LogP contribution < -0.4 is 11.1 Å². The van der Waals surface area contributed by atoms with Gasteiger partial charge in [0, 0.05) is 18.2 Å². The number of halogens is 1.